The molecule has 280 valence electrons. The third-order valence-electron chi connectivity index (χ3n) is 18.6. The minimum atomic E-state index is -0.409. The van der Waals surface area contributed by atoms with Crippen molar-refractivity contribution in [1.29, 1.82) is 0 Å². The molecule has 0 aliphatic heterocycles. The van der Waals surface area contributed by atoms with Crippen molar-refractivity contribution in [2.75, 3.05) is 0 Å². The first-order chi connectivity index (χ1) is 23.2. The van der Waals surface area contributed by atoms with Gasteiger partial charge >= 0.3 is 0 Å². The van der Waals surface area contributed by atoms with Crippen molar-refractivity contribution in [2.24, 2.45) is 87.8 Å². The lowest BCUT2D eigenvalue weighted by Gasteiger charge is -2.58. The molecule has 0 aromatic heterocycles. The first-order valence-electron chi connectivity index (χ1n) is 21.9. The van der Waals surface area contributed by atoms with Crippen molar-refractivity contribution in [3.63, 3.8) is 0 Å². The number of rotatable bonds is 3. The Morgan fingerprint density at radius 1 is 0.653 bits per heavy atom. The lowest BCUT2D eigenvalue weighted by atomic mass is 9.48. The van der Waals surface area contributed by atoms with Crippen molar-refractivity contribution in [1.82, 2.24) is 0 Å². The molecule has 8 aliphatic rings. The zero-order valence-corrected chi connectivity index (χ0v) is 33.2. The predicted octanol–water partition coefficient (Wildman–Crippen LogP) is 11.0. The quantitative estimate of drug-likeness (QED) is 0.260. The fraction of sp³-hybridized carbons (Fsp3) is 0.957. The zero-order valence-electron chi connectivity index (χ0n) is 33.2. The standard InChI is InChI=1S/C23H40O2.C23H38O/c1-5-15-12-20(14(2)24)23(4)11-9-18-17-8-10-22(3,25)13-16(17)6-7-19(18)21(15)23;1-5-15-13-17(6-2)23(4)12-10-19-18-9-11-22(3,24)14-16(18)7-8-20(19)21(15)23/h14-21,24-25H,5-13H2,1-4H3;6,15-16,18-21,24H,5,7-14H2,1-4H3/t14?,15-,16-,17+,18-,19-,20?,21+,22-,23-;15-,16-,18+,19-,20-,21+,22-,23-/m11/s1. The molecule has 3 heteroatoms. The molecular formula is C46H78O3. The van der Waals surface area contributed by atoms with Crippen molar-refractivity contribution in [3.8, 4) is 0 Å². The molecule has 49 heavy (non-hydrogen) atoms. The summed E-state index contributed by atoms with van der Waals surface area (Å²) in [4.78, 5) is 0. The van der Waals surface area contributed by atoms with Gasteiger partial charge in [0.05, 0.1) is 17.3 Å². The average Bonchev–Trinajstić information content (AvgIpc) is 3.54. The van der Waals surface area contributed by atoms with Gasteiger partial charge in [-0.15, -0.1) is 0 Å². The van der Waals surface area contributed by atoms with Gasteiger partial charge < -0.3 is 15.3 Å². The normalized spacial score (nSPS) is 56.2. The van der Waals surface area contributed by atoms with Crippen LogP contribution in [0, 0.1) is 87.8 Å². The summed E-state index contributed by atoms with van der Waals surface area (Å²) in [5.74, 6) is 11.1. The van der Waals surface area contributed by atoms with Gasteiger partial charge in [-0.2, -0.15) is 0 Å². The molecule has 8 rings (SSSR count). The summed E-state index contributed by atoms with van der Waals surface area (Å²) in [6.45, 7) is 18.4. The highest BCUT2D eigenvalue weighted by Gasteiger charge is 2.61. The highest BCUT2D eigenvalue weighted by atomic mass is 16.3. The van der Waals surface area contributed by atoms with E-state index < -0.39 is 5.60 Å². The van der Waals surface area contributed by atoms with Crippen LogP contribution in [0.15, 0.2) is 11.6 Å². The van der Waals surface area contributed by atoms with E-state index in [0.717, 1.165) is 96.7 Å². The number of allylic oxidation sites excluding steroid dienone is 2. The summed E-state index contributed by atoms with van der Waals surface area (Å²) in [6, 6.07) is 0. The number of fused-ring (bicyclic) bond motifs is 10. The molecule has 8 saturated carbocycles. The molecule has 3 N–H and O–H groups in total. The topological polar surface area (TPSA) is 60.7 Å². The predicted molar refractivity (Wildman–Crippen MR) is 203 cm³/mol. The van der Waals surface area contributed by atoms with Gasteiger partial charge in [-0.05, 0) is 218 Å². The lowest BCUT2D eigenvalue weighted by molar-refractivity contribution is -0.112. The molecule has 2 unspecified atom stereocenters. The van der Waals surface area contributed by atoms with Crippen LogP contribution in [0.1, 0.15) is 171 Å². The van der Waals surface area contributed by atoms with Gasteiger partial charge in [0.15, 0.2) is 0 Å². The van der Waals surface area contributed by atoms with E-state index in [-0.39, 0.29) is 11.7 Å². The van der Waals surface area contributed by atoms with Gasteiger partial charge in [0.1, 0.15) is 0 Å². The lowest BCUT2D eigenvalue weighted by Crippen LogP contribution is -2.52. The minimum absolute atomic E-state index is 0.151. The highest BCUT2D eigenvalue weighted by Crippen LogP contribution is 2.68. The van der Waals surface area contributed by atoms with Crippen LogP contribution in [0.25, 0.3) is 0 Å². The van der Waals surface area contributed by atoms with Crippen LogP contribution in [0.4, 0.5) is 0 Å². The van der Waals surface area contributed by atoms with Gasteiger partial charge in [-0.25, -0.2) is 0 Å². The first kappa shape index (κ1) is 37.0. The van der Waals surface area contributed by atoms with E-state index >= 15 is 0 Å². The molecule has 0 bridgehead atoms. The van der Waals surface area contributed by atoms with E-state index in [0.29, 0.717) is 16.7 Å². The van der Waals surface area contributed by atoms with Gasteiger partial charge in [0.25, 0.3) is 0 Å². The number of aliphatic hydroxyl groups excluding tert-OH is 1. The van der Waals surface area contributed by atoms with Gasteiger partial charge in [0.2, 0.25) is 0 Å². The fourth-order valence-corrected chi connectivity index (χ4v) is 16.7. The molecule has 0 radical (unpaired) electrons. The molecule has 8 fully saturated rings. The molecule has 0 saturated heterocycles. The summed E-state index contributed by atoms with van der Waals surface area (Å²) in [7, 11) is 0. The second-order valence-corrected chi connectivity index (χ2v) is 21.1. The Morgan fingerprint density at radius 3 is 1.67 bits per heavy atom. The third-order valence-corrected chi connectivity index (χ3v) is 18.6. The summed E-state index contributed by atoms with van der Waals surface area (Å²) >= 11 is 0. The molecule has 0 amide bonds. The summed E-state index contributed by atoms with van der Waals surface area (Å²) in [5, 5.41) is 31.6. The summed E-state index contributed by atoms with van der Waals surface area (Å²) in [6.07, 6.45) is 25.4. The Hall–Kier alpha value is -0.380. The van der Waals surface area contributed by atoms with Crippen LogP contribution in [0.3, 0.4) is 0 Å². The fourth-order valence-electron chi connectivity index (χ4n) is 16.7. The number of aliphatic hydroxyl groups is 3. The minimum Gasteiger partial charge on any atom is -0.393 e. The molecule has 18 atom stereocenters. The molecule has 0 spiro atoms. The Kier molecular flexibility index (Phi) is 10.2. The van der Waals surface area contributed by atoms with Crippen LogP contribution in [0.2, 0.25) is 0 Å². The Labute approximate surface area is 302 Å². The molecule has 3 nitrogen and oxygen atoms in total. The second-order valence-electron chi connectivity index (χ2n) is 21.1. The van der Waals surface area contributed by atoms with Gasteiger partial charge in [-0.3, -0.25) is 0 Å². The Morgan fingerprint density at radius 2 is 1.16 bits per heavy atom. The van der Waals surface area contributed by atoms with E-state index in [1.54, 1.807) is 5.57 Å². The summed E-state index contributed by atoms with van der Waals surface area (Å²) < 4.78 is 0. The van der Waals surface area contributed by atoms with Crippen LogP contribution in [0.5, 0.6) is 0 Å². The van der Waals surface area contributed by atoms with Crippen LogP contribution >= 0.6 is 0 Å². The van der Waals surface area contributed by atoms with Crippen molar-refractivity contribution in [3.05, 3.63) is 11.6 Å². The maximum Gasteiger partial charge on any atom is 0.0622 e. The average molecular weight is 679 g/mol. The van der Waals surface area contributed by atoms with E-state index in [4.69, 9.17) is 0 Å². The Bertz CT molecular complexity index is 1200. The number of hydrogen-bond donors (Lipinski definition) is 3. The van der Waals surface area contributed by atoms with Crippen LogP contribution < -0.4 is 0 Å². The van der Waals surface area contributed by atoms with E-state index in [1.165, 1.54) is 89.9 Å². The smallest absolute Gasteiger partial charge is 0.0622 e. The van der Waals surface area contributed by atoms with Crippen molar-refractivity contribution < 1.29 is 15.3 Å². The Balaban J connectivity index is 0.000000154. The molecule has 0 aromatic rings. The van der Waals surface area contributed by atoms with Gasteiger partial charge in [-0.1, -0.05) is 52.2 Å². The largest absolute Gasteiger partial charge is 0.393 e. The maximum atomic E-state index is 10.5. The van der Waals surface area contributed by atoms with E-state index in [2.05, 4.69) is 54.5 Å². The highest BCUT2D eigenvalue weighted by molar-refractivity contribution is 5.25. The molecule has 0 aromatic carbocycles. The van der Waals surface area contributed by atoms with Crippen molar-refractivity contribution >= 4 is 0 Å². The second kappa shape index (κ2) is 13.5. The van der Waals surface area contributed by atoms with E-state index in [1.807, 2.05) is 6.92 Å². The summed E-state index contributed by atoms with van der Waals surface area (Å²) in [5.41, 5.74) is 1.86. The molecule has 8 aliphatic carbocycles. The molecular weight excluding hydrogens is 601 g/mol. The first-order valence-corrected chi connectivity index (χ1v) is 21.9. The van der Waals surface area contributed by atoms with Crippen LogP contribution in [-0.2, 0) is 0 Å². The van der Waals surface area contributed by atoms with Crippen molar-refractivity contribution in [2.45, 2.75) is 188 Å². The third kappa shape index (κ3) is 6.28. The van der Waals surface area contributed by atoms with Gasteiger partial charge in [0, 0.05) is 0 Å². The monoisotopic (exact) mass is 679 g/mol. The van der Waals surface area contributed by atoms with E-state index in [9.17, 15) is 15.3 Å². The SMILES string of the molecule is CC=C1C[C@@H](CC)[C@H]2[C@@H]3CC[C@@H]4C[C@](C)(O)CC[C@@H]4[C@H]3CC[C@]12C.CC[C@@H]1CC(C(C)O)[C@@]2(C)CC[C@H]3[C@@H](CC[C@@H]4C[C@](C)(O)CC[C@@H]43)[C@H]12. The zero-order chi connectivity index (χ0) is 35.1. The number of hydrogen-bond acceptors (Lipinski definition) is 3. The van der Waals surface area contributed by atoms with Crippen LogP contribution in [-0.4, -0.2) is 32.6 Å². The molecule has 0 heterocycles. The maximum absolute atomic E-state index is 10.5.